The Morgan fingerprint density at radius 1 is 1.24 bits per heavy atom. The van der Waals surface area contributed by atoms with Crippen molar-refractivity contribution in [3.8, 4) is 11.9 Å². The zero-order valence-corrected chi connectivity index (χ0v) is 24.7. The summed E-state index contributed by atoms with van der Waals surface area (Å²) in [5, 5.41) is 24.9. The van der Waals surface area contributed by atoms with Gasteiger partial charge in [0.15, 0.2) is 0 Å². The first-order valence-electron chi connectivity index (χ1n) is 14.0. The van der Waals surface area contributed by atoms with Crippen LogP contribution >= 0.6 is 0 Å². The van der Waals surface area contributed by atoms with Crippen LogP contribution in [-0.2, 0) is 4.74 Å². The molecule has 1 aromatic carbocycles. The zero-order valence-electron chi connectivity index (χ0n) is 24.7. The summed E-state index contributed by atoms with van der Waals surface area (Å²) in [6, 6.07) is 5.93. The molecule has 0 unspecified atom stereocenters. The standard InChI is InChI=1S/C29H41FN8O3/c1-7-9-13-40-27-26(38-33-11-12-34-38)15-21(18-32-27)36-24-16-25(22(30)14-20(24)17-31)37-23(10-8-2)19(3)35-28(39)41-29(4,5)6/h11,14-16,18-19,23,34,36-37H,7-10,12-13H2,1-6H3,(H,35,39)/t19-,23+/m0/s1. The number of amides is 1. The van der Waals surface area contributed by atoms with Crippen molar-refractivity contribution in [1.29, 1.82) is 5.26 Å². The quantitative estimate of drug-likeness (QED) is 0.220. The van der Waals surface area contributed by atoms with Gasteiger partial charge in [-0.2, -0.15) is 15.5 Å². The molecule has 0 radical (unpaired) electrons. The zero-order chi connectivity index (χ0) is 30.0. The minimum atomic E-state index is -0.636. The van der Waals surface area contributed by atoms with E-state index in [9.17, 15) is 10.1 Å². The maximum atomic E-state index is 15.2. The molecule has 0 fully saturated rings. The lowest BCUT2D eigenvalue weighted by molar-refractivity contribution is 0.0502. The molecule has 3 rings (SSSR count). The van der Waals surface area contributed by atoms with Crippen molar-refractivity contribution < 1.29 is 18.7 Å². The average molecular weight is 569 g/mol. The fourth-order valence-electron chi connectivity index (χ4n) is 4.11. The Morgan fingerprint density at radius 3 is 2.66 bits per heavy atom. The fourth-order valence-corrected chi connectivity index (χ4v) is 4.11. The first kappa shape index (κ1) is 31.4. The van der Waals surface area contributed by atoms with Crippen molar-refractivity contribution in [2.45, 2.75) is 84.9 Å². The Balaban J connectivity index is 1.85. The Labute approximate surface area is 241 Å². The molecule has 0 bridgehead atoms. The Kier molecular flexibility index (Phi) is 11.1. The lowest BCUT2D eigenvalue weighted by Gasteiger charge is -2.28. The van der Waals surface area contributed by atoms with E-state index in [1.165, 1.54) is 6.07 Å². The number of hydrazine groups is 1. The molecule has 41 heavy (non-hydrogen) atoms. The number of hydrogen-bond donors (Lipinski definition) is 4. The van der Waals surface area contributed by atoms with Crippen LogP contribution in [-0.4, -0.2) is 48.1 Å². The van der Waals surface area contributed by atoms with Crippen LogP contribution in [0.4, 0.5) is 31.9 Å². The summed E-state index contributed by atoms with van der Waals surface area (Å²) in [4.78, 5) is 16.8. The van der Waals surface area contributed by atoms with Crippen LogP contribution in [0.1, 0.15) is 72.8 Å². The number of hydrazone groups is 1. The van der Waals surface area contributed by atoms with Crippen molar-refractivity contribution in [2.75, 3.05) is 28.9 Å². The molecule has 2 atom stereocenters. The van der Waals surface area contributed by atoms with Crippen molar-refractivity contribution in [2.24, 2.45) is 5.10 Å². The van der Waals surface area contributed by atoms with Crippen LogP contribution in [0.2, 0.25) is 0 Å². The minimum absolute atomic E-state index is 0.127. The number of halogens is 1. The Bertz CT molecular complexity index is 1260. The molecule has 12 heteroatoms. The van der Waals surface area contributed by atoms with Crippen molar-refractivity contribution >= 4 is 35.1 Å². The van der Waals surface area contributed by atoms with E-state index in [2.05, 4.69) is 44.5 Å². The predicted molar refractivity (Wildman–Crippen MR) is 159 cm³/mol. The van der Waals surface area contributed by atoms with E-state index < -0.39 is 17.5 Å². The van der Waals surface area contributed by atoms with Crippen molar-refractivity contribution in [3.05, 3.63) is 35.8 Å². The molecule has 222 valence electrons. The number of nitrogens with zero attached hydrogens (tertiary/aromatic N) is 4. The molecule has 11 nitrogen and oxygen atoms in total. The van der Waals surface area contributed by atoms with E-state index in [4.69, 9.17) is 9.47 Å². The number of anilines is 4. The molecule has 0 saturated heterocycles. The topological polar surface area (TPSA) is 136 Å². The predicted octanol–water partition coefficient (Wildman–Crippen LogP) is 5.82. The van der Waals surface area contributed by atoms with Crippen LogP contribution in [0.15, 0.2) is 29.5 Å². The highest BCUT2D eigenvalue weighted by Gasteiger charge is 2.24. The maximum absolute atomic E-state index is 15.2. The molecule has 4 N–H and O–H groups in total. The second-order valence-electron chi connectivity index (χ2n) is 10.8. The molecule has 1 aliphatic rings. The molecule has 2 aromatic rings. The van der Waals surface area contributed by atoms with E-state index >= 15 is 4.39 Å². The number of aromatic nitrogens is 1. The number of rotatable bonds is 13. The molecule has 2 heterocycles. The largest absolute Gasteiger partial charge is 0.476 e. The lowest BCUT2D eigenvalue weighted by Crippen LogP contribution is -2.46. The minimum Gasteiger partial charge on any atom is -0.476 e. The third-order valence-corrected chi connectivity index (χ3v) is 6.12. The van der Waals surface area contributed by atoms with Gasteiger partial charge >= 0.3 is 6.09 Å². The van der Waals surface area contributed by atoms with Gasteiger partial charge in [0.2, 0.25) is 5.88 Å². The van der Waals surface area contributed by atoms with Gasteiger partial charge in [-0.25, -0.2) is 19.6 Å². The monoisotopic (exact) mass is 568 g/mol. The summed E-state index contributed by atoms with van der Waals surface area (Å²) in [7, 11) is 0. The molecule has 0 spiro atoms. The Morgan fingerprint density at radius 2 is 2.02 bits per heavy atom. The number of unbranched alkanes of at least 4 members (excludes halogenated alkanes) is 1. The summed E-state index contributed by atoms with van der Waals surface area (Å²) < 4.78 is 26.4. The number of nitriles is 1. The van der Waals surface area contributed by atoms with Gasteiger partial charge in [-0.05, 0) is 58.7 Å². The number of carbonyl (C=O) groups excluding carboxylic acids is 1. The summed E-state index contributed by atoms with van der Waals surface area (Å²) >= 11 is 0. The SMILES string of the molecule is CCCCOc1ncc(Nc2cc(N[C@H](CCC)[C@H](C)NC(=O)OC(C)(C)C)c(F)cc2C#N)cc1N1N=CCN1. The molecule has 0 aliphatic carbocycles. The van der Waals surface area contributed by atoms with Gasteiger partial charge in [0.25, 0.3) is 0 Å². The Hall–Kier alpha value is -4.11. The smallest absolute Gasteiger partial charge is 0.407 e. The normalized spacial score (nSPS) is 14.2. The molecular formula is C29H41FN8O3. The van der Waals surface area contributed by atoms with E-state index in [-0.39, 0.29) is 23.3 Å². The number of nitrogens with one attached hydrogen (secondary N) is 4. The van der Waals surface area contributed by atoms with Crippen molar-refractivity contribution in [3.63, 3.8) is 0 Å². The second-order valence-corrected chi connectivity index (χ2v) is 10.8. The summed E-state index contributed by atoms with van der Waals surface area (Å²) in [5.41, 5.74) is 4.36. The van der Waals surface area contributed by atoms with E-state index in [1.54, 1.807) is 50.4 Å². The summed E-state index contributed by atoms with van der Waals surface area (Å²) in [6.07, 6.45) is 6.12. The molecular weight excluding hydrogens is 527 g/mol. The second kappa shape index (κ2) is 14.5. The van der Waals surface area contributed by atoms with Gasteiger partial charge in [-0.1, -0.05) is 26.7 Å². The number of pyridine rings is 1. The first-order valence-corrected chi connectivity index (χ1v) is 14.0. The van der Waals surface area contributed by atoms with Crippen LogP contribution in [0.25, 0.3) is 0 Å². The van der Waals surface area contributed by atoms with Gasteiger partial charge in [0.05, 0.1) is 42.0 Å². The van der Waals surface area contributed by atoms with Gasteiger partial charge < -0.3 is 25.4 Å². The maximum Gasteiger partial charge on any atom is 0.407 e. The van der Waals surface area contributed by atoms with Gasteiger partial charge in [0, 0.05) is 18.3 Å². The fraction of sp³-hybridized carbons (Fsp3) is 0.517. The molecule has 1 amide bonds. The van der Waals surface area contributed by atoms with E-state index in [1.807, 2.05) is 13.8 Å². The summed E-state index contributed by atoms with van der Waals surface area (Å²) in [5.74, 6) is -0.154. The highest BCUT2D eigenvalue weighted by atomic mass is 19.1. The highest BCUT2D eigenvalue weighted by molar-refractivity contribution is 5.75. The van der Waals surface area contributed by atoms with Crippen LogP contribution < -0.4 is 31.2 Å². The third-order valence-electron chi connectivity index (χ3n) is 6.12. The van der Waals surface area contributed by atoms with Crippen molar-refractivity contribution in [1.82, 2.24) is 15.7 Å². The third kappa shape index (κ3) is 9.21. The lowest BCUT2D eigenvalue weighted by atomic mass is 10.0. The highest BCUT2D eigenvalue weighted by Crippen LogP contribution is 2.33. The van der Waals surface area contributed by atoms with Gasteiger partial charge in [0.1, 0.15) is 23.2 Å². The molecule has 1 aromatic heterocycles. The van der Waals surface area contributed by atoms with E-state index in [0.717, 1.165) is 19.3 Å². The van der Waals surface area contributed by atoms with Crippen LogP contribution in [0, 0.1) is 17.1 Å². The number of benzene rings is 1. The number of carbonyl (C=O) groups is 1. The molecule has 1 aliphatic heterocycles. The number of hydrogen-bond acceptors (Lipinski definition) is 10. The van der Waals surface area contributed by atoms with Gasteiger partial charge in [-0.15, -0.1) is 0 Å². The van der Waals surface area contributed by atoms with Crippen LogP contribution in [0.5, 0.6) is 5.88 Å². The number of ether oxygens (including phenoxy) is 2. The van der Waals surface area contributed by atoms with Gasteiger partial charge in [-0.3, -0.25) is 0 Å². The average Bonchev–Trinajstić information content (AvgIpc) is 3.44. The summed E-state index contributed by atoms with van der Waals surface area (Å²) in [6.45, 7) is 12.4. The molecule has 0 saturated carbocycles. The number of alkyl carbamates (subject to hydrolysis) is 1. The van der Waals surface area contributed by atoms with Crippen LogP contribution in [0.3, 0.4) is 0 Å². The first-order chi connectivity index (χ1) is 19.5. The van der Waals surface area contributed by atoms with E-state index in [0.29, 0.717) is 42.5 Å².